The van der Waals surface area contributed by atoms with Crippen LogP contribution in [0.4, 0.5) is 14.5 Å². The van der Waals surface area contributed by atoms with Crippen molar-refractivity contribution in [2.45, 2.75) is 12.8 Å². The predicted octanol–water partition coefficient (Wildman–Crippen LogP) is 2.42. The number of halogens is 2. The third kappa shape index (κ3) is 4.88. The van der Waals surface area contributed by atoms with Crippen LogP contribution in [-0.2, 0) is 16.0 Å². The number of hydrogen-bond acceptors (Lipinski definition) is 2. The molecule has 6 heteroatoms. The van der Waals surface area contributed by atoms with Crippen molar-refractivity contribution in [2.75, 3.05) is 11.4 Å². The zero-order chi connectivity index (χ0) is 16.8. The molecule has 2 amide bonds. The Kier molecular flexibility index (Phi) is 5.41. The van der Waals surface area contributed by atoms with Crippen LogP contribution in [0, 0.1) is 11.6 Å². The first-order chi connectivity index (χ1) is 11.0. The Hall–Kier alpha value is -2.76. The van der Waals surface area contributed by atoms with Crippen molar-refractivity contribution in [3.05, 3.63) is 65.7 Å². The second-order valence-corrected chi connectivity index (χ2v) is 5.04. The maximum absolute atomic E-state index is 13.2. The molecule has 0 aromatic heterocycles. The lowest BCUT2D eigenvalue weighted by molar-refractivity contribution is -0.118. The molecule has 0 saturated carbocycles. The molecule has 0 radical (unpaired) electrons. The molecular weight excluding hydrogens is 302 g/mol. The Balaban J connectivity index is 2.19. The molecule has 0 saturated heterocycles. The molecule has 0 fully saturated rings. The van der Waals surface area contributed by atoms with Gasteiger partial charge in [-0.15, -0.1) is 0 Å². The van der Waals surface area contributed by atoms with Crippen molar-refractivity contribution in [1.29, 1.82) is 0 Å². The van der Waals surface area contributed by atoms with Crippen molar-refractivity contribution in [2.24, 2.45) is 5.73 Å². The number of nitrogens with zero attached hydrogens (tertiary/aromatic N) is 1. The number of benzene rings is 2. The number of carbonyl (C=O) groups is 2. The monoisotopic (exact) mass is 318 g/mol. The molecular formula is C17H16F2N2O2. The lowest BCUT2D eigenvalue weighted by Gasteiger charge is -2.22. The average molecular weight is 318 g/mol. The SMILES string of the molecule is NC(=O)CCN(C(=O)Cc1cccc(F)c1)c1ccc(F)cc1. The molecule has 0 atom stereocenters. The smallest absolute Gasteiger partial charge is 0.231 e. The summed E-state index contributed by atoms with van der Waals surface area (Å²) in [6.45, 7) is 0.0785. The third-order valence-electron chi connectivity index (χ3n) is 3.27. The quantitative estimate of drug-likeness (QED) is 0.889. The number of rotatable bonds is 6. The molecule has 2 rings (SSSR count). The topological polar surface area (TPSA) is 63.4 Å². The Bertz CT molecular complexity index is 702. The normalized spacial score (nSPS) is 10.3. The molecule has 0 aliphatic heterocycles. The van der Waals surface area contributed by atoms with Gasteiger partial charge in [0, 0.05) is 18.7 Å². The molecule has 4 nitrogen and oxygen atoms in total. The van der Waals surface area contributed by atoms with Gasteiger partial charge in [-0.05, 0) is 42.0 Å². The van der Waals surface area contributed by atoms with Crippen LogP contribution in [0.1, 0.15) is 12.0 Å². The Labute approximate surface area is 132 Å². The summed E-state index contributed by atoms with van der Waals surface area (Å²) in [5.41, 5.74) is 6.10. The molecule has 0 unspecified atom stereocenters. The first kappa shape index (κ1) is 16.6. The molecule has 0 heterocycles. The van der Waals surface area contributed by atoms with Gasteiger partial charge in [-0.25, -0.2) is 8.78 Å². The van der Waals surface area contributed by atoms with E-state index < -0.39 is 17.5 Å². The summed E-state index contributed by atoms with van der Waals surface area (Å²) >= 11 is 0. The van der Waals surface area contributed by atoms with Crippen LogP contribution >= 0.6 is 0 Å². The van der Waals surface area contributed by atoms with Crippen LogP contribution in [-0.4, -0.2) is 18.4 Å². The molecule has 0 bridgehead atoms. The summed E-state index contributed by atoms with van der Waals surface area (Å²) in [4.78, 5) is 24.8. The summed E-state index contributed by atoms with van der Waals surface area (Å²) in [5, 5.41) is 0. The standard InChI is InChI=1S/C17H16F2N2O2/c18-13-4-6-15(7-5-13)21(9-8-16(20)22)17(23)11-12-2-1-3-14(19)10-12/h1-7,10H,8-9,11H2,(H2,20,22). The van der Waals surface area contributed by atoms with Gasteiger partial charge in [-0.1, -0.05) is 12.1 Å². The molecule has 120 valence electrons. The van der Waals surface area contributed by atoms with Gasteiger partial charge in [0.25, 0.3) is 0 Å². The number of nitrogens with two attached hydrogens (primary N) is 1. The fourth-order valence-corrected chi connectivity index (χ4v) is 2.16. The zero-order valence-electron chi connectivity index (χ0n) is 12.3. The minimum absolute atomic E-state index is 0.0216. The fraction of sp³-hybridized carbons (Fsp3) is 0.176. The van der Waals surface area contributed by atoms with E-state index in [0.717, 1.165) is 0 Å². The van der Waals surface area contributed by atoms with E-state index in [1.54, 1.807) is 6.07 Å². The summed E-state index contributed by atoms with van der Waals surface area (Å²) in [6.07, 6.45) is -0.0554. The number of primary amides is 1. The molecule has 2 N–H and O–H groups in total. The van der Waals surface area contributed by atoms with Gasteiger partial charge in [-0.2, -0.15) is 0 Å². The van der Waals surface area contributed by atoms with E-state index in [4.69, 9.17) is 5.73 Å². The maximum Gasteiger partial charge on any atom is 0.231 e. The van der Waals surface area contributed by atoms with Gasteiger partial charge in [-0.3, -0.25) is 9.59 Å². The molecule has 0 aliphatic rings. The number of hydrogen-bond donors (Lipinski definition) is 1. The summed E-state index contributed by atoms with van der Waals surface area (Å²) in [7, 11) is 0. The van der Waals surface area contributed by atoms with E-state index in [1.807, 2.05) is 0 Å². The molecule has 2 aromatic rings. The fourth-order valence-electron chi connectivity index (χ4n) is 2.16. The maximum atomic E-state index is 13.2. The van der Waals surface area contributed by atoms with E-state index in [1.165, 1.54) is 47.4 Å². The van der Waals surface area contributed by atoms with Crippen LogP contribution in [0.2, 0.25) is 0 Å². The zero-order valence-corrected chi connectivity index (χ0v) is 12.3. The van der Waals surface area contributed by atoms with Crippen LogP contribution in [0.15, 0.2) is 48.5 Å². The average Bonchev–Trinajstić information content (AvgIpc) is 2.49. The highest BCUT2D eigenvalue weighted by Gasteiger charge is 2.17. The van der Waals surface area contributed by atoms with E-state index >= 15 is 0 Å². The summed E-state index contributed by atoms with van der Waals surface area (Å²) in [5.74, 6) is -1.74. The lowest BCUT2D eigenvalue weighted by Crippen LogP contribution is -2.35. The van der Waals surface area contributed by atoms with Crippen LogP contribution in [0.25, 0.3) is 0 Å². The molecule has 23 heavy (non-hydrogen) atoms. The van der Waals surface area contributed by atoms with Gasteiger partial charge in [0.05, 0.1) is 6.42 Å². The van der Waals surface area contributed by atoms with Gasteiger partial charge in [0.15, 0.2) is 0 Å². The van der Waals surface area contributed by atoms with Crippen molar-refractivity contribution < 1.29 is 18.4 Å². The minimum Gasteiger partial charge on any atom is -0.370 e. The summed E-state index contributed by atoms with van der Waals surface area (Å²) in [6, 6.07) is 11.1. The first-order valence-corrected chi connectivity index (χ1v) is 7.04. The van der Waals surface area contributed by atoms with E-state index in [2.05, 4.69) is 0 Å². The van der Waals surface area contributed by atoms with Crippen LogP contribution in [0.5, 0.6) is 0 Å². The predicted molar refractivity (Wildman–Crippen MR) is 82.7 cm³/mol. The Morgan fingerprint density at radius 1 is 1.00 bits per heavy atom. The minimum atomic E-state index is -0.546. The van der Waals surface area contributed by atoms with Gasteiger partial charge < -0.3 is 10.6 Å². The van der Waals surface area contributed by atoms with Crippen molar-refractivity contribution in [1.82, 2.24) is 0 Å². The Morgan fingerprint density at radius 3 is 2.30 bits per heavy atom. The second-order valence-electron chi connectivity index (χ2n) is 5.04. The first-order valence-electron chi connectivity index (χ1n) is 7.04. The number of carbonyl (C=O) groups excluding carboxylic acids is 2. The van der Waals surface area contributed by atoms with Crippen molar-refractivity contribution >= 4 is 17.5 Å². The molecule has 2 aromatic carbocycles. The Morgan fingerprint density at radius 2 is 1.70 bits per heavy atom. The third-order valence-corrected chi connectivity index (χ3v) is 3.27. The van der Waals surface area contributed by atoms with E-state index in [-0.39, 0.29) is 25.3 Å². The molecule has 0 spiro atoms. The highest BCUT2D eigenvalue weighted by Crippen LogP contribution is 2.17. The van der Waals surface area contributed by atoms with Gasteiger partial charge >= 0.3 is 0 Å². The van der Waals surface area contributed by atoms with Crippen molar-refractivity contribution in [3.63, 3.8) is 0 Å². The lowest BCUT2D eigenvalue weighted by atomic mass is 10.1. The summed E-state index contributed by atoms with van der Waals surface area (Å²) < 4.78 is 26.2. The number of anilines is 1. The van der Waals surface area contributed by atoms with Crippen molar-refractivity contribution in [3.8, 4) is 0 Å². The second kappa shape index (κ2) is 7.49. The highest BCUT2D eigenvalue weighted by atomic mass is 19.1. The largest absolute Gasteiger partial charge is 0.370 e. The van der Waals surface area contributed by atoms with Crippen LogP contribution < -0.4 is 10.6 Å². The number of amides is 2. The van der Waals surface area contributed by atoms with Gasteiger partial charge in [0.2, 0.25) is 11.8 Å². The van der Waals surface area contributed by atoms with E-state index in [9.17, 15) is 18.4 Å². The highest BCUT2D eigenvalue weighted by molar-refractivity contribution is 5.95. The van der Waals surface area contributed by atoms with Crippen LogP contribution in [0.3, 0.4) is 0 Å². The van der Waals surface area contributed by atoms with E-state index in [0.29, 0.717) is 11.3 Å². The molecule has 0 aliphatic carbocycles. The van der Waals surface area contributed by atoms with Gasteiger partial charge in [0.1, 0.15) is 11.6 Å².